The zero-order valence-corrected chi connectivity index (χ0v) is 6.59. The fourth-order valence-corrected chi connectivity index (χ4v) is 0.396. The van der Waals surface area contributed by atoms with Crippen LogP contribution in [0.5, 0.6) is 0 Å². The van der Waals surface area contributed by atoms with Gasteiger partial charge in [-0.2, -0.15) is 0 Å². The highest BCUT2D eigenvalue weighted by Crippen LogP contribution is 1.90. The Bertz CT molecular complexity index is 116. The lowest BCUT2D eigenvalue weighted by molar-refractivity contribution is 0.136. The van der Waals surface area contributed by atoms with Crippen LogP contribution in [0, 0.1) is 0 Å². The summed E-state index contributed by atoms with van der Waals surface area (Å²) in [7, 11) is 1.58. The maximum atomic E-state index is 5.12. The Morgan fingerprint density at radius 1 is 1.60 bits per heavy atom. The van der Waals surface area contributed by atoms with Gasteiger partial charge in [0.25, 0.3) is 0 Å². The van der Waals surface area contributed by atoms with Crippen LogP contribution in [-0.4, -0.2) is 20.3 Å². The van der Waals surface area contributed by atoms with Crippen LogP contribution in [0.4, 0.5) is 0 Å². The molecule has 0 saturated heterocycles. The van der Waals surface area contributed by atoms with Gasteiger partial charge in [-0.15, -0.1) is 0 Å². The summed E-state index contributed by atoms with van der Waals surface area (Å²) in [6, 6.07) is 0. The lowest BCUT2D eigenvalue weighted by Crippen LogP contribution is -1.98. The van der Waals surface area contributed by atoms with E-state index in [2.05, 4.69) is 6.58 Å². The Morgan fingerprint density at radius 3 is 2.80 bits per heavy atom. The van der Waals surface area contributed by atoms with E-state index in [0.717, 1.165) is 0 Å². The molecule has 0 aliphatic rings. The first-order chi connectivity index (χ1) is 4.81. The van der Waals surface area contributed by atoms with Crippen LogP contribution >= 0.6 is 0 Å². The highest BCUT2D eigenvalue weighted by atomic mass is 16.5. The molecule has 58 valence electrons. The minimum atomic E-state index is 0.473. The lowest BCUT2D eigenvalue weighted by atomic mass is 10.5. The van der Waals surface area contributed by atoms with E-state index >= 15 is 0 Å². The SMILES string of the molecule is C=C(COC/C=C/C)OC. The van der Waals surface area contributed by atoms with Crippen LogP contribution in [0.15, 0.2) is 24.5 Å². The number of allylic oxidation sites excluding steroid dienone is 1. The van der Waals surface area contributed by atoms with Crippen molar-refractivity contribution in [1.29, 1.82) is 0 Å². The molecule has 0 aliphatic carbocycles. The molecule has 0 aliphatic heterocycles. The van der Waals surface area contributed by atoms with E-state index < -0.39 is 0 Å². The van der Waals surface area contributed by atoms with E-state index in [1.807, 2.05) is 19.1 Å². The molecular formula is C8H14O2. The van der Waals surface area contributed by atoms with Gasteiger partial charge in [-0.05, 0) is 6.92 Å². The molecule has 2 nitrogen and oxygen atoms in total. The molecule has 2 heteroatoms. The van der Waals surface area contributed by atoms with Crippen molar-refractivity contribution in [1.82, 2.24) is 0 Å². The third-order valence-electron chi connectivity index (χ3n) is 1.00. The summed E-state index contributed by atoms with van der Waals surface area (Å²) < 4.78 is 9.90. The molecule has 0 aromatic rings. The molecular weight excluding hydrogens is 128 g/mol. The molecule has 0 unspecified atom stereocenters. The van der Waals surface area contributed by atoms with Gasteiger partial charge in [0, 0.05) is 0 Å². The van der Waals surface area contributed by atoms with E-state index in [0.29, 0.717) is 19.0 Å². The van der Waals surface area contributed by atoms with Crippen LogP contribution in [0.2, 0.25) is 0 Å². The summed E-state index contributed by atoms with van der Waals surface area (Å²) in [4.78, 5) is 0. The fraction of sp³-hybridized carbons (Fsp3) is 0.500. The van der Waals surface area contributed by atoms with E-state index in [4.69, 9.17) is 9.47 Å². The molecule has 0 spiro atoms. The quantitative estimate of drug-likeness (QED) is 0.330. The first-order valence-corrected chi connectivity index (χ1v) is 3.22. The molecule has 0 bridgehead atoms. The van der Waals surface area contributed by atoms with Gasteiger partial charge in [-0.25, -0.2) is 0 Å². The zero-order chi connectivity index (χ0) is 7.82. The van der Waals surface area contributed by atoms with Crippen molar-refractivity contribution in [3.63, 3.8) is 0 Å². The summed E-state index contributed by atoms with van der Waals surface area (Å²) in [5, 5.41) is 0. The van der Waals surface area contributed by atoms with Gasteiger partial charge < -0.3 is 9.47 Å². The highest BCUT2D eigenvalue weighted by molar-refractivity contribution is 4.82. The molecule has 0 aromatic carbocycles. The summed E-state index contributed by atoms with van der Waals surface area (Å²) in [6.45, 7) is 6.65. The monoisotopic (exact) mass is 142 g/mol. The average Bonchev–Trinajstić information content (AvgIpc) is 1.98. The number of methoxy groups -OCH3 is 1. The second kappa shape index (κ2) is 6.36. The maximum Gasteiger partial charge on any atom is 0.114 e. The Kier molecular flexibility index (Phi) is 5.88. The summed E-state index contributed by atoms with van der Waals surface area (Å²) in [5.74, 6) is 0.657. The molecule has 0 aromatic heterocycles. The van der Waals surface area contributed by atoms with Gasteiger partial charge in [0.2, 0.25) is 0 Å². The largest absolute Gasteiger partial charge is 0.499 e. The van der Waals surface area contributed by atoms with Crippen molar-refractivity contribution in [2.45, 2.75) is 6.92 Å². The summed E-state index contributed by atoms with van der Waals surface area (Å²) in [5.41, 5.74) is 0. The summed E-state index contributed by atoms with van der Waals surface area (Å²) in [6.07, 6.45) is 3.87. The van der Waals surface area contributed by atoms with Crippen molar-refractivity contribution in [3.8, 4) is 0 Å². The Morgan fingerprint density at radius 2 is 2.30 bits per heavy atom. The minimum absolute atomic E-state index is 0.473. The molecule has 0 heterocycles. The van der Waals surface area contributed by atoms with Gasteiger partial charge in [0.1, 0.15) is 12.4 Å². The molecule has 10 heavy (non-hydrogen) atoms. The minimum Gasteiger partial charge on any atom is -0.499 e. The maximum absolute atomic E-state index is 5.12. The van der Waals surface area contributed by atoms with Gasteiger partial charge in [-0.3, -0.25) is 0 Å². The van der Waals surface area contributed by atoms with E-state index in [1.54, 1.807) is 7.11 Å². The third kappa shape index (κ3) is 5.38. The third-order valence-corrected chi connectivity index (χ3v) is 1.00. The molecule has 0 fully saturated rings. The van der Waals surface area contributed by atoms with Crippen molar-refractivity contribution in [2.75, 3.05) is 20.3 Å². The van der Waals surface area contributed by atoms with Gasteiger partial charge in [-0.1, -0.05) is 18.7 Å². The van der Waals surface area contributed by atoms with Crippen molar-refractivity contribution >= 4 is 0 Å². The van der Waals surface area contributed by atoms with E-state index in [-0.39, 0.29) is 0 Å². The number of hydrogen-bond acceptors (Lipinski definition) is 2. The Balaban J connectivity index is 3.11. The molecule has 0 saturated carbocycles. The van der Waals surface area contributed by atoms with Crippen LogP contribution in [0.1, 0.15) is 6.92 Å². The second-order valence-electron chi connectivity index (χ2n) is 1.83. The number of ether oxygens (including phenoxy) is 2. The molecule has 0 amide bonds. The first kappa shape index (κ1) is 9.24. The van der Waals surface area contributed by atoms with Gasteiger partial charge in [0.15, 0.2) is 0 Å². The van der Waals surface area contributed by atoms with Crippen LogP contribution in [0.25, 0.3) is 0 Å². The zero-order valence-electron chi connectivity index (χ0n) is 6.59. The molecule has 0 radical (unpaired) electrons. The molecule has 0 N–H and O–H groups in total. The predicted octanol–water partition coefficient (Wildman–Crippen LogP) is 1.74. The van der Waals surface area contributed by atoms with Crippen molar-refractivity contribution in [3.05, 3.63) is 24.5 Å². The molecule has 0 rings (SSSR count). The standard InChI is InChI=1S/C8H14O2/c1-4-5-6-10-7-8(2)9-3/h4-5H,2,6-7H2,1,3H3/b5-4+. The normalized spacial score (nSPS) is 10.2. The lowest BCUT2D eigenvalue weighted by Gasteiger charge is -2.02. The predicted molar refractivity (Wildman–Crippen MR) is 41.8 cm³/mol. The number of rotatable bonds is 5. The van der Waals surface area contributed by atoms with Crippen molar-refractivity contribution in [2.24, 2.45) is 0 Å². The average molecular weight is 142 g/mol. The fourth-order valence-electron chi connectivity index (χ4n) is 0.396. The topological polar surface area (TPSA) is 18.5 Å². The Labute approximate surface area is 62.1 Å². The van der Waals surface area contributed by atoms with E-state index in [9.17, 15) is 0 Å². The number of hydrogen-bond donors (Lipinski definition) is 0. The van der Waals surface area contributed by atoms with Crippen LogP contribution in [0.3, 0.4) is 0 Å². The summed E-state index contributed by atoms with van der Waals surface area (Å²) >= 11 is 0. The Hall–Kier alpha value is -0.760. The van der Waals surface area contributed by atoms with Crippen LogP contribution < -0.4 is 0 Å². The van der Waals surface area contributed by atoms with Crippen molar-refractivity contribution < 1.29 is 9.47 Å². The second-order valence-corrected chi connectivity index (χ2v) is 1.83. The highest BCUT2D eigenvalue weighted by Gasteiger charge is 1.88. The smallest absolute Gasteiger partial charge is 0.114 e. The van der Waals surface area contributed by atoms with E-state index in [1.165, 1.54) is 0 Å². The first-order valence-electron chi connectivity index (χ1n) is 3.22. The molecule has 0 atom stereocenters. The van der Waals surface area contributed by atoms with Gasteiger partial charge in [0.05, 0.1) is 13.7 Å². The van der Waals surface area contributed by atoms with Crippen LogP contribution in [-0.2, 0) is 9.47 Å². The van der Waals surface area contributed by atoms with Gasteiger partial charge >= 0.3 is 0 Å².